The molecule has 4 nitrogen and oxygen atoms in total. The molecular formula is C15H24O4S. The zero-order valence-electron chi connectivity index (χ0n) is 12.2. The van der Waals surface area contributed by atoms with Crippen LogP contribution >= 0.6 is 0 Å². The van der Waals surface area contributed by atoms with Crippen LogP contribution in [-0.2, 0) is 14.3 Å². The van der Waals surface area contributed by atoms with Crippen molar-refractivity contribution < 1.29 is 17.7 Å². The largest absolute Gasteiger partial charge is 0.391 e. The fraction of sp³-hybridized carbons (Fsp3) is 0.600. The second kappa shape index (κ2) is 8.39. The third-order valence-corrected chi connectivity index (χ3v) is 4.41. The normalized spacial score (nSPS) is 13.3. The van der Waals surface area contributed by atoms with E-state index in [1.165, 1.54) is 12.1 Å². The Morgan fingerprint density at radius 3 is 2.40 bits per heavy atom. The van der Waals surface area contributed by atoms with Crippen LogP contribution in [0.5, 0.6) is 0 Å². The number of aliphatic hydroxyl groups excluding tert-OH is 1. The molecule has 5 heteroatoms. The molecule has 1 N–H and O–H groups in total. The molecule has 0 bridgehead atoms. The van der Waals surface area contributed by atoms with Crippen LogP contribution in [-0.4, -0.2) is 26.2 Å². The van der Waals surface area contributed by atoms with Crippen LogP contribution in [0.3, 0.4) is 0 Å². The number of hydrogen-bond acceptors (Lipinski definition) is 4. The Balaban J connectivity index is 2.41. The Kier molecular flexibility index (Phi) is 7.19. The van der Waals surface area contributed by atoms with Gasteiger partial charge in [0.05, 0.1) is 17.6 Å². The molecule has 0 aliphatic rings. The predicted molar refractivity (Wildman–Crippen MR) is 79.1 cm³/mol. The lowest BCUT2D eigenvalue weighted by molar-refractivity contribution is 0.100. The highest BCUT2D eigenvalue weighted by molar-refractivity contribution is 7.86. The highest BCUT2D eigenvalue weighted by Gasteiger charge is 2.17. The summed E-state index contributed by atoms with van der Waals surface area (Å²) in [4.78, 5) is 0.126. The van der Waals surface area contributed by atoms with E-state index in [-0.39, 0.29) is 11.5 Å². The van der Waals surface area contributed by atoms with Gasteiger partial charge in [0.1, 0.15) is 0 Å². The van der Waals surface area contributed by atoms with Crippen LogP contribution in [0, 0.1) is 6.92 Å². The molecule has 0 radical (unpaired) electrons. The van der Waals surface area contributed by atoms with E-state index < -0.39 is 16.2 Å². The SMILES string of the molecule is CCCCCCC(O)COS(=O)(=O)c1ccc(C)cc1. The van der Waals surface area contributed by atoms with Crippen LogP contribution in [0.15, 0.2) is 29.2 Å². The van der Waals surface area contributed by atoms with Crippen LogP contribution < -0.4 is 0 Å². The van der Waals surface area contributed by atoms with Crippen LogP contribution in [0.4, 0.5) is 0 Å². The molecule has 0 fully saturated rings. The molecule has 1 unspecified atom stereocenters. The summed E-state index contributed by atoms with van der Waals surface area (Å²) in [7, 11) is -3.77. The average Bonchev–Trinajstić information content (AvgIpc) is 2.42. The summed E-state index contributed by atoms with van der Waals surface area (Å²) >= 11 is 0. The van der Waals surface area contributed by atoms with E-state index in [4.69, 9.17) is 4.18 Å². The maximum atomic E-state index is 11.9. The maximum Gasteiger partial charge on any atom is 0.297 e. The van der Waals surface area contributed by atoms with E-state index in [0.29, 0.717) is 6.42 Å². The minimum absolute atomic E-state index is 0.126. The van der Waals surface area contributed by atoms with Crippen molar-refractivity contribution >= 4 is 10.1 Å². The minimum atomic E-state index is -3.77. The van der Waals surface area contributed by atoms with Gasteiger partial charge in [-0.15, -0.1) is 0 Å². The van der Waals surface area contributed by atoms with Crippen LogP contribution in [0.1, 0.15) is 44.6 Å². The van der Waals surface area contributed by atoms with Crippen LogP contribution in [0.2, 0.25) is 0 Å². The highest BCUT2D eigenvalue weighted by atomic mass is 32.2. The van der Waals surface area contributed by atoms with Crippen molar-refractivity contribution in [3.8, 4) is 0 Å². The van der Waals surface area contributed by atoms with Gasteiger partial charge in [-0.1, -0.05) is 50.3 Å². The van der Waals surface area contributed by atoms with Gasteiger partial charge in [-0.25, -0.2) is 0 Å². The zero-order chi connectivity index (χ0) is 15.0. The average molecular weight is 300 g/mol. The standard InChI is InChI=1S/C15H24O4S/c1-3-4-5-6-7-14(16)12-19-20(17,18)15-10-8-13(2)9-11-15/h8-11,14,16H,3-7,12H2,1-2H3. The van der Waals surface area contributed by atoms with Gasteiger partial charge in [0.2, 0.25) is 0 Å². The predicted octanol–water partition coefficient (Wildman–Crippen LogP) is 3.03. The van der Waals surface area contributed by atoms with Crippen molar-refractivity contribution in [1.29, 1.82) is 0 Å². The first kappa shape index (κ1) is 17.1. The van der Waals surface area contributed by atoms with Gasteiger partial charge < -0.3 is 5.11 Å². The molecular weight excluding hydrogens is 276 g/mol. The van der Waals surface area contributed by atoms with Gasteiger partial charge in [0, 0.05) is 0 Å². The van der Waals surface area contributed by atoms with E-state index in [0.717, 1.165) is 31.2 Å². The Labute approximate surface area is 121 Å². The van der Waals surface area contributed by atoms with E-state index in [1.54, 1.807) is 12.1 Å². The van der Waals surface area contributed by atoms with Crippen molar-refractivity contribution in [2.45, 2.75) is 57.0 Å². The Morgan fingerprint density at radius 2 is 1.80 bits per heavy atom. The fourth-order valence-electron chi connectivity index (χ4n) is 1.83. The van der Waals surface area contributed by atoms with Crippen molar-refractivity contribution in [3.63, 3.8) is 0 Å². The molecule has 1 rings (SSSR count). The van der Waals surface area contributed by atoms with Crippen LogP contribution in [0.25, 0.3) is 0 Å². The lowest BCUT2D eigenvalue weighted by Crippen LogP contribution is -2.19. The lowest BCUT2D eigenvalue weighted by Gasteiger charge is -2.11. The van der Waals surface area contributed by atoms with Gasteiger partial charge in [0.25, 0.3) is 10.1 Å². The van der Waals surface area contributed by atoms with Gasteiger partial charge in [-0.3, -0.25) is 4.18 Å². The molecule has 1 atom stereocenters. The number of aryl methyl sites for hydroxylation is 1. The molecule has 1 aromatic carbocycles. The van der Waals surface area contributed by atoms with Gasteiger partial charge in [0.15, 0.2) is 0 Å². The van der Waals surface area contributed by atoms with E-state index in [9.17, 15) is 13.5 Å². The first-order valence-electron chi connectivity index (χ1n) is 7.10. The Hall–Kier alpha value is -0.910. The van der Waals surface area contributed by atoms with Gasteiger partial charge in [-0.2, -0.15) is 8.42 Å². The summed E-state index contributed by atoms with van der Waals surface area (Å²) in [6.07, 6.45) is 4.06. The third kappa shape index (κ3) is 6.03. The first-order chi connectivity index (χ1) is 9.45. The molecule has 1 aromatic rings. The highest BCUT2D eigenvalue weighted by Crippen LogP contribution is 2.14. The number of unbranched alkanes of at least 4 members (excludes halogenated alkanes) is 3. The van der Waals surface area contributed by atoms with Crippen molar-refractivity contribution in [2.75, 3.05) is 6.61 Å². The van der Waals surface area contributed by atoms with Gasteiger partial charge >= 0.3 is 0 Å². The maximum absolute atomic E-state index is 11.9. The topological polar surface area (TPSA) is 63.6 Å². The summed E-state index contributed by atoms with van der Waals surface area (Å²) in [5, 5.41) is 9.71. The zero-order valence-corrected chi connectivity index (χ0v) is 13.0. The summed E-state index contributed by atoms with van der Waals surface area (Å²) in [6.45, 7) is 3.83. The molecule has 0 saturated carbocycles. The second-order valence-corrected chi connectivity index (χ2v) is 6.67. The third-order valence-electron chi connectivity index (χ3n) is 3.12. The molecule has 0 saturated heterocycles. The number of aliphatic hydroxyl groups is 1. The molecule has 0 heterocycles. The molecule has 0 amide bonds. The van der Waals surface area contributed by atoms with Crippen molar-refractivity contribution in [2.24, 2.45) is 0 Å². The number of hydrogen-bond donors (Lipinski definition) is 1. The minimum Gasteiger partial charge on any atom is -0.391 e. The van der Waals surface area contributed by atoms with E-state index >= 15 is 0 Å². The summed E-state index contributed by atoms with van der Waals surface area (Å²) in [5.74, 6) is 0. The molecule has 0 spiro atoms. The molecule has 20 heavy (non-hydrogen) atoms. The Morgan fingerprint density at radius 1 is 1.15 bits per heavy atom. The quantitative estimate of drug-likeness (QED) is 0.562. The van der Waals surface area contributed by atoms with E-state index in [1.807, 2.05) is 6.92 Å². The Bertz CT molecular complexity index is 479. The smallest absolute Gasteiger partial charge is 0.297 e. The first-order valence-corrected chi connectivity index (χ1v) is 8.50. The molecule has 114 valence electrons. The fourth-order valence-corrected chi connectivity index (χ4v) is 2.77. The molecule has 0 aliphatic carbocycles. The van der Waals surface area contributed by atoms with Crippen molar-refractivity contribution in [1.82, 2.24) is 0 Å². The lowest BCUT2D eigenvalue weighted by atomic mass is 10.1. The summed E-state index contributed by atoms with van der Waals surface area (Å²) in [6, 6.07) is 6.46. The van der Waals surface area contributed by atoms with Crippen molar-refractivity contribution in [3.05, 3.63) is 29.8 Å². The van der Waals surface area contributed by atoms with Gasteiger partial charge in [-0.05, 0) is 25.5 Å². The second-order valence-electron chi connectivity index (χ2n) is 5.05. The summed E-state index contributed by atoms with van der Waals surface area (Å²) in [5.41, 5.74) is 0.986. The number of rotatable bonds is 9. The number of benzene rings is 1. The summed E-state index contributed by atoms with van der Waals surface area (Å²) < 4.78 is 28.7. The monoisotopic (exact) mass is 300 g/mol. The van der Waals surface area contributed by atoms with E-state index in [2.05, 4.69) is 6.92 Å². The molecule has 0 aliphatic heterocycles. The molecule has 0 aromatic heterocycles.